The van der Waals surface area contributed by atoms with E-state index >= 15 is 0 Å². The number of guanidine groups is 1. The fraction of sp³-hybridized carbons (Fsp3) is 0.235. The van der Waals surface area contributed by atoms with Gasteiger partial charge < -0.3 is 9.72 Å². The highest BCUT2D eigenvalue weighted by Crippen LogP contribution is 2.31. The van der Waals surface area contributed by atoms with Crippen molar-refractivity contribution in [1.29, 1.82) is 5.41 Å². The minimum absolute atomic E-state index is 0.0781. The van der Waals surface area contributed by atoms with E-state index < -0.39 is 5.54 Å². The van der Waals surface area contributed by atoms with Crippen molar-refractivity contribution < 1.29 is 4.79 Å². The van der Waals surface area contributed by atoms with Crippen LogP contribution >= 0.6 is 11.3 Å². The minimum Gasteiger partial charge on any atom is -0.345 e. The van der Waals surface area contributed by atoms with Gasteiger partial charge in [0.15, 0.2) is 5.96 Å². The second-order valence-electron chi connectivity index (χ2n) is 6.20. The molecule has 3 aromatic heterocycles. The van der Waals surface area contributed by atoms with Crippen LogP contribution in [0.4, 0.5) is 0 Å². The number of amides is 1. The van der Waals surface area contributed by atoms with Crippen LogP contribution in [0.5, 0.6) is 0 Å². The Morgan fingerprint density at radius 2 is 2.21 bits per heavy atom. The van der Waals surface area contributed by atoms with Gasteiger partial charge in [-0.2, -0.15) is 0 Å². The van der Waals surface area contributed by atoms with Crippen LogP contribution in [-0.4, -0.2) is 33.2 Å². The molecule has 4 heterocycles. The molecule has 3 aromatic rings. The molecule has 2 N–H and O–H groups in total. The highest BCUT2D eigenvalue weighted by Gasteiger charge is 2.39. The first-order valence-electron chi connectivity index (χ1n) is 7.63. The lowest BCUT2D eigenvalue weighted by Crippen LogP contribution is -2.58. The van der Waals surface area contributed by atoms with E-state index in [0.717, 1.165) is 16.9 Å². The SMILES string of the molecule is CN1C(=N)N[C@](C)(c2cnc3ccc(-c4cccs4)cn23)CC1=O. The van der Waals surface area contributed by atoms with Gasteiger partial charge in [0, 0.05) is 23.7 Å². The summed E-state index contributed by atoms with van der Waals surface area (Å²) in [6, 6.07) is 8.13. The van der Waals surface area contributed by atoms with Crippen LogP contribution in [0, 0.1) is 5.41 Å². The molecule has 0 radical (unpaired) electrons. The number of hydrogen-bond donors (Lipinski definition) is 2. The maximum atomic E-state index is 12.2. The summed E-state index contributed by atoms with van der Waals surface area (Å²) >= 11 is 1.68. The number of imidazole rings is 1. The Balaban J connectivity index is 1.83. The zero-order chi connectivity index (χ0) is 16.9. The summed E-state index contributed by atoms with van der Waals surface area (Å²) in [5.74, 6) is 0.0312. The Labute approximate surface area is 143 Å². The molecule has 24 heavy (non-hydrogen) atoms. The van der Waals surface area contributed by atoms with E-state index in [1.807, 2.05) is 35.0 Å². The number of nitrogens with zero attached hydrogens (tertiary/aromatic N) is 3. The number of fused-ring (bicyclic) bond motifs is 1. The summed E-state index contributed by atoms with van der Waals surface area (Å²) in [4.78, 5) is 19.2. The average Bonchev–Trinajstić information content (AvgIpc) is 3.21. The molecule has 1 atom stereocenters. The first kappa shape index (κ1) is 14.9. The first-order chi connectivity index (χ1) is 11.5. The number of rotatable bonds is 2. The Morgan fingerprint density at radius 1 is 1.38 bits per heavy atom. The molecule has 6 nitrogen and oxygen atoms in total. The highest BCUT2D eigenvalue weighted by atomic mass is 32.1. The molecule has 4 rings (SSSR count). The second-order valence-corrected chi connectivity index (χ2v) is 7.15. The van der Waals surface area contributed by atoms with Crippen molar-refractivity contribution in [2.24, 2.45) is 0 Å². The molecule has 1 fully saturated rings. The van der Waals surface area contributed by atoms with Gasteiger partial charge in [-0.25, -0.2) is 4.98 Å². The lowest BCUT2D eigenvalue weighted by Gasteiger charge is -2.38. The number of nitrogens with one attached hydrogen (secondary N) is 2. The summed E-state index contributed by atoms with van der Waals surface area (Å²) in [6.45, 7) is 1.94. The lowest BCUT2D eigenvalue weighted by molar-refractivity contribution is -0.129. The van der Waals surface area contributed by atoms with Crippen LogP contribution < -0.4 is 5.32 Å². The van der Waals surface area contributed by atoms with Crippen LogP contribution in [0.15, 0.2) is 42.0 Å². The van der Waals surface area contributed by atoms with Crippen molar-refractivity contribution in [2.75, 3.05) is 7.05 Å². The maximum Gasteiger partial charge on any atom is 0.231 e. The fourth-order valence-corrected chi connectivity index (χ4v) is 3.78. The van der Waals surface area contributed by atoms with E-state index in [4.69, 9.17) is 5.41 Å². The summed E-state index contributed by atoms with van der Waals surface area (Å²) in [5.41, 5.74) is 2.15. The molecule has 1 aliphatic rings. The van der Waals surface area contributed by atoms with Crippen LogP contribution in [0.25, 0.3) is 16.1 Å². The third-order valence-corrected chi connectivity index (χ3v) is 5.40. The molecule has 0 bridgehead atoms. The standard InChI is InChI=1S/C17H17N5OS/c1-17(8-15(23)21(2)16(18)20-17)13-9-19-14-6-5-11(10-22(13)14)12-4-3-7-24-12/h3-7,9-10H,8H2,1-2H3,(H2,18,20)/t17-/m0/s1. The number of hydrogen-bond acceptors (Lipinski definition) is 4. The topological polar surface area (TPSA) is 73.5 Å². The third-order valence-electron chi connectivity index (χ3n) is 4.49. The smallest absolute Gasteiger partial charge is 0.231 e. The maximum absolute atomic E-state index is 12.2. The number of carbonyl (C=O) groups is 1. The molecule has 0 saturated carbocycles. The first-order valence-corrected chi connectivity index (χ1v) is 8.51. The molecular formula is C17H17N5OS. The molecule has 1 aliphatic heterocycles. The number of thiophene rings is 1. The third kappa shape index (κ3) is 2.20. The number of aromatic nitrogens is 2. The van der Waals surface area contributed by atoms with Gasteiger partial charge in [-0.15, -0.1) is 11.3 Å². The van der Waals surface area contributed by atoms with Gasteiger partial charge in [0.25, 0.3) is 0 Å². The Morgan fingerprint density at radius 3 is 2.92 bits per heavy atom. The molecular weight excluding hydrogens is 322 g/mol. The molecule has 122 valence electrons. The molecule has 0 spiro atoms. The van der Waals surface area contributed by atoms with E-state index in [-0.39, 0.29) is 18.3 Å². The van der Waals surface area contributed by atoms with Gasteiger partial charge >= 0.3 is 0 Å². The largest absolute Gasteiger partial charge is 0.345 e. The Hall–Kier alpha value is -2.67. The van der Waals surface area contributed by atoms with Gasteiger partial charge in [0.1, 0.15) is 5.65 Å². The van der Waals surface area contributed by atoms with Crippen molar-refractivity contribution >= 4 is 28.9 Å². The lowest BCUT2D eigenvalue weighted by atomic mass is 9.91. The van der Waals surface area contributed by atoms with E-state index in [1.54, 1.807) is 24.6 Å². The summed E-state index contributed by atoms with van der Waals surface area (Å²) < 4.78 is 2.01. The van der Waals surface area contributed by atoms with Gasteiger partial charge in [-0.05, 0) is 30.5 Å². The number of pyridine rings is 1. The van der Waals surface area contributed by atoms with Crippen LogP contribution in [0.2, 0.25) is 0 Å². The molecule has 7 heteroatoms. The molecule has 1 saturated heterocycles. The van der Waals surface area contributed by atoms with Crippen LogP contribution in [-0.2, 0) is 10.3 Å². The van der Waals surface area contributed by atoms with Gasteiger partial charge in [-0.3, -0.25) is 15.1 Å². The van der Waals surface area contributed by atoms with E-state index in [0.29, 0.717) is 0 Å². The van der Waals surface area contributed by atoms with Gasteiger partial charge in [-0.1, -0.05) is 6.07 Å². The fourth-order valence-electron chi connectivity index (χ4n) is 3.07. The minimum atomic E-state index is -0.659. The summed E-state index contributed by atoms with van der Waals surface area (Å²) in [5, 5.41) is 13.2. The molecule has 0 aliphatic carbocycles. The van der Waals surface area contributed by atoms with Crippen molar-refractivity contribution in [1.82, 2.24) is 19.6 Å². The quantitative estimate of drug-likeness (QED) is 0.754. The predicted octanol–water partition coefficient (Wildman–Crippen LogP) is 2.66. The van der Waals surface area contributed by atoms with Crippen molar-refractivity contribution in [3.63, 3.8) is 0 Å². The second kappa shape index (κ2) is 5.17. The normalized spacial score (nSPS) is 21.3. The highest BCUT2D eigenvalue weighted by molar-refractivity contribution is 7.13. The summed E-state index contributed by atoms with van der Waals surface area (Å²) in [7, 11) is 1.61. The summed E-state index contributed by atoms with van der Waals surface area (Å²) in [6.07, 6.45) is 4.11. The van der Waals surface area contributed by atoms with Crippen molar-refractivity contribution in [3.05, 3.63) is 47.7 Å². The van der Waals surface area contributed by atoms with Gasteiger partial charge in [0.2, 0.25) is 5.91 Å². The van der Waals surface area contributed by atoms with E-state index in [9.17, 15) is 4.79 Å². The van der Waals surface area contributed by atoms with E-state index in [1.165, 1.54) is 9.78 Å². The molecule has 1 amide bonds. The Kier molecular flexibility index (Phi) is 3.21. The van der Waals surface area contributed by atoms with Crippen molar-refractivity contribution in [3.8, 4) is 10.4 Å². The zero-order valence-corrected chi connectivity index (χ0v) is 14.2. The average molecular weight is 339 g/mol. The van der Waals surface area contributed by atoms with Gasteiger partial charge in [0.05, 0.1) is 23.9 Å². The van der Waals surface area contributed by atoms with Crippen molar-refractivity contribution in [2.45, 2.75) is 18.9 Å². The Bertz CT molecular complexity index is 925. The monoisotopic (exact) mass is 339 g/mol. The zero-order valence-electron chi connectivity index (χ0n) is 13.4. The van der Waals surface area contributed by atoms with E-state index in [2.05, 4.69) is 22.4 Å². The molecule has 0 unspecified atom stereocenters. The number of carbonyl (C=O) groups excluding carboxylic acids is 1. The van der Waals surface area contributed by atoms with Crippen LogP contribution in [0.1, 0.15) is 19.0 Å². The van der Waals surface area contributed by atoms with Crippen LogP contribution in [0.3, 0.4) is 0 Å². The predicted molar refractivity (Wildman–Crippen MR) is 94.1 cm³/mol. The molecule has 0 aromatic carbocycles.